The maximum Gasteiger partial charge on any atom is 0.303 e. The van der Waals surface area contributed by atoms with Crippen molar-refractivity contribution in [3.05, 3.63) is 47.1 Å². The van der Waals surface area contributed by atoms with Crippen molar-refractivity contribution in [2.24, 2.45) is 17.3 Å². The van der Waals surface area contributed by atoms with Crippen LogP contribution in [0, 0.1) is 17.3 Å². The Hall–Kier alpha value is -2.14. The Morgan fingerprint density at radius 3 is 2.58 bits per heavy atom. The first-order valence-electron chi connectivity index (χ1n) is 13.7. The Balaban J connectivity index is 1.76. The molecular weight excluding hydrogens is 452 g/mol. The summed E-state index contributed by atoms with van der Waals surface area (Å²) >= 11 is 0. The summed E-state index contributed by atoms with van der Waals surface area (Å²) in [6, 6.07) is 0. The highest BCUT2D eigenvalue weighted by molar-refractivity contribution is 5.67. The van der Waals surface area contributed by atoms with E-state index in [1.54, 1.807) is 5.57 Å². The van der Waals surface area contributed by atoms with Gasteiger partial charge in [0.05, 0.1) is 5.60 Å². The number of fused-ring (bicyclic) bond motifs is 1. The van der Waals surface area contributed by atoms with Gasteiger partial charge in [-0.25, -0.2) is 0 Å². The molecule has 0 heterocycles. The lowest BCUT2D eigenvalue weighted by Crippen LogP contribution is -2.33. The van der Waals surface area contributed by atoms with Crippen LogP contribution in [0.25, 0.3) is 0 Å². The van der Waals surface area contributed by atoms with Crippen LogP contribution in [-0.4, -0.2) is 34.9 Å². The molecule has 0 aliphatic heterocycles. The molecule has 0 bridgehead atoms. The molecule has 0 spiro atoms. The first kappa shape index (κ1) is 28.4. The Kier molecular flexibility index (Phi) is 9.08. The van der Waals surface area contributed by atoms with Crippen LogP contribution in [0.1, 0.15) is 99.3 Å². The number of carbonyl (C=O) groups excluding carboxylic acids is 2. The first-order valence-corrected chi connectivity index (χ1v) is 13.7. The van der Waals surface area contributed by atoms with E-state index in [9.17, 15) is 14.7 Å². The van der Waals surface area contributed by atoms with Crippen LogP contribution in [0.5, 0.6) is 0 Å². The zero-order chi connectivity index (χ0) is 26.7. The Morgan fingerprint density at radius 2 is 1.94 bits per heavy atom. The fourth-order valence-corrected chi connectivity index (χ4v) is 6.69. The van der Waals surface area contributed by atoms with E-state index < -0.39 is 11.7 Å². The molecule has 5 nitrogen and oxygen atoms in total. The van der Waals surface area contributed by atoms with Crippen LogP contribution >= 0.6 is 0 Å². The topological polar surface area (TPSA) is 72.8 Å². The molecule has 5 heteroatoms. The monoisotopic (exact) mass is 498 g/mol. The molecule has 3 aliphatic rings. The van der Waals surface area contributed by atoms with Crippen molar-refractivity contribution >= 4 is 11.9 Å². The third-order valence-corrected chi connectivity index (χ3v) is 8.43. The van der Waals surface area contributed by atoms with Gasteiger partial charge in [0.15, 0.2) is 0 Å². The van der Waals surface area contributed by atoms with Crippen molar-refractivity contribution in [2.75, 3.05) is 0 Å². The molecule has 2 saturated carbocycles. The third kappa shape index (κ3) is 7.00. The van der Waals surface area contributed by atoms with E-state index in [1.165, 1.54) is 32.3 Å². The minimum Gasteiger partial charge on any atom is -0.462 e. The summed E-state index contributed by atoms with van der Waals surface area (Å²) in [5, 5.41) is 10.1. The van der Waals surface area contributed by atoms with Crippen molar-refractivity contribution < 1.29 is 24.2 Å². The molecule has 0 amide bonds. The molecule has 0 aromatic carbocycles. The smallest absolute Gasteiger partial charge is 0.303 e. The van der Waals surface area contributed by atoms with Crippen LogP contribution in [0.2, 0.25) is 0 Å². The molecule has 1 N–H and O–H groups in total. The number of carbonyl (C=O) groups is 2. The minimum absolute atomic E-state index is 0.181. The van der Waals surface area contributed by atoms with Crippen molar-refractivity contribution in [2.45, 2.75) is 117 Å². The number of ether oxygens (including phenoxy) is 2. The molecule has 0 aromatic heterocycles. The second kappa shape index (κ2) is 11.5. The third-order valence-electron chi connectivity index (χ3n) is 8.43. The number of rotatable bonds is 8. The van der Waals surface area contributed by atoms with E-state index in [-0.39, 0.29) is 23.5 Å². The summed E-state index contributed by atoms with van der Waals surface area (Å²) in [6.45, 7) is 15.6. The molecule has 36 heavy (non-hydrogen) atoms. The second-order valence-electron chi connectivity index (χ2n) is 12.1. The minimum atomic E-state index is -0.601. The van der Waals surface area contributed by atoms with Gasteiger partial charge in [-0.15, -0.1) is 0 Å². The molecule has 0 aromatic rings. The summed E-state index contributed by atoms with van der Waals surface area (Å²) in [4.78, 5) is 23.2. The van der Waals surface area contributed by atoms with Gasteiger partial charge in [-0.2, -0.15) is 0 Å². The second-order valence-corrected chi connectivity index (χ2v) is 12.1. The molecule has 0 radical (unpaired) electrons. The largest absolute Gasteiger partial charge is 0.462 e. The maximum absolute atomic E-state index is 11.6. The Bertz CT molecular complexity index is 947. The van der Waals surface area contributed by atoms with Crippen molar-refractivity contribution in [1.29, 1.82) is 0 Å². The van der Waals surface area contributed by atoms with Crippen LogP contribution in [0.15, 0.2) is 47.1 Å². The summed E-state index contributed by atoms with van der Waals surface area (Å²) < 4.78 is 11.0. The Morgan fingerprint density at radius 1 is 1.25 bits per heavy atom. The normalized spacial score (nSPS) is 31.7. The molecule has 5 atom stereocenters. The van der Waals surface area contributed by atoms with Gasteiger partial charge in [-0.1, -0.05) is 56.2 Å². The molecule has 3 unspecified atom stereocenters. The quantitative estimate of drug-likeness (QED) is 0.295. The highest BCUT2D eigenvalue weighted by atomic mass is 16.6. The molecule has 3 rings (SSSR count). The van der Waals surface area contributed by atoms with E-state index in [4.69, 9.17) is 9.47 Å². The molecular formula is C31H46O5. The standard InChI is InChI=1S/C31H46O5/c1-20(10-8-16-30(5,6)34)27-14-15-28-24(11-9-17-31(27,28)7)12-13-25-18-26(35-22(3)32)19-29(21(25)2)36-23(4)33/h12-14,20,26,28-29,34H,2,8-11,15-19H2,1,3-7H3/t20?,26?,28?,29-,31+/m0/s1. The highest BCUT2D eigenvalue weighted by Gasteiger charge is 2.46. The van der Waals surface area contributed by atoms with Crippen molar-refractivity contribution in [3.63, 3.8) is 0 Å². The lowest BCUT2D eigenvalue weighted by molar-refractivity contribution is -0.152. The van der Waals surface area contributed by atoms with Crippen LogP contribution in [-0.2, 0) is 19.1 Å². The van der Waals surface area contributed by atoms with Gasteiger partial charge >= 0.3 is 11.9 Å². The van der Waals surface area contributed by atoms with E-state index in [0.717, 1.165) is 43.3 Å². The number of hydrogen-bond donors (Lipinski definition) is 1. The number of aliphatic hydroxyl groups is 1. The summed E-state index contributed by atoms with van der Waals surface area (Å²) in [5.41, 5.74) is 4.43. The fourth-order valence-electron chi connectivity index (χ4n) is 6.69. The number of hydrogen-bond acceptors (Lipinski definition) is 5. The zero-order valence-corrected chi connectivity index (χ0v) is 23.2. The van der Waals surface area contributed by atoms with E-state index in [2.05, 4.69) is 38.7 Å². The van der Waals surface area contributed by atoms with Gasteiger partial charge in [0.2, 0.25) is 0 Å². The predicted molar refractivity (Wildman–Crippen MR) is 143 cm³/mol. The molecule has 3 aliphatic carbocycles. The molecule has 0 saturated heterocycles. The fraction of sp³-hybridized carbons (Fsp3) is 0.677. The van der Waals surface area contributed by atoms with E-state index in [1.807, 2.05) is 13.8 Å². The lowest BCUT2D eigenvalue weighted by atomic mass is 9.62. The van der Waals surface area contributed by atoms with Gasteiger partial charge < -0.3 is 14.6 Å². The van der Waals surface area contributed by atoms with Crippen LogP contribution < -0.4 is 0 Å². The van der Waals surface area contributed by atoms with E-state index in [0.29, 0.717) is 24.7 Å². The maximum atomic E-state index is 11.6. The van der Waals surface area contributed by atoms with Gasteiger partial charge in [-0.05, 0) is 80.8 Å². The molecule has 200 valence electrons. The van der Waals surface area contributed by atoms with Crippen LogP contribution in [0.4, 0.5) is 0 Å². The molecule has 2 fully saturated rings. The summed E-state index contributed by atoms with van der Waals surface area (Å²) in [7, 11) is 0. The van der Waals surface area contributed by atoms with Crippen molar-refractivity contribution in [3.8, 4) is 0 Å². The van der Waals surface area contributed by atoms with Gasteiger partial charge in [0.1, 0.15) is 12.2 Å². The summed E-state index contributed by atoms with van der Waals surface area (Å²) in [6.07, 6.45) is 14.6. The average molecular weight is 499 g/mol. The Labute approximate surface area is 217 Å². The number of esters is 2. The zero-order valence-electron chi connectivity index (χ0n) is 23.2. The predicted octanol–water partition coefficient (Wildman–Crippen LogP) is 6.77. The van der Waals surface area contributed by atoms with E-state index >= 15 is 0 Å². The SMILES string of the molecule is C=C1C(=CC=C2CCC[C@]3(C)C(C(C)CCCC(C)(C)O)=CCC23)CC(OC(C)=O)C[C@@H]1OC(C)=O. The van der Waals surface area contributed by atoms with Gasteiger partial charge in [0.25, 0.3) is 0 Å². The van der Waals surface area contributed by atoms with Crippen molar-refractivity contribution in [1.82, 2.24) is 0 Å². The highest BCUT2D eigenvalue weighted by Crippen LogP contribution is 2.57. The first-order chi connectivity index (χ1) is 16.8. The lowest BCUT2D eigenvalue weighted by Gasteiger charge is -2.42. The van der Waals surface area contributed by atoms with Gasteiger partial charge in [0, 0.05) is 26.7 Å². The van der Waals surface area contributed by atoms with Crippen LogP contribution in [0.3, 0.4) is 0 Å². The number of allylic oxidation sites excluding steroid dienone is 5. The summed E-state index contributed by atoms with van der Waals surface area (Å²) in [5.74, 6) is 0.343. The van der Waals surface area contributed by atoms with Gasteiger partial charge in [-0.3, -0.25) is 9.59 Å². The average Bonchev–Trinajstić information content (AvgIpc) is 3.10.